The monoisotopic (exact) mass is 340 g/mol. The molecule has 0 aliphatic heterocycles. The Bertz CT molecular complexity index is 1090. The molecule has 0 saturated heterocycles. The minimum atomic E-state index is -0.487. The van der Waals surface area contributed by atoms with Crippen LogP contribution in [0.2, 0.25) is 0 Å². The summed E-state index contributed by atoms with van der Waals surface area (Å²) in [6, 6.07) is 5.73. The summed E-state index contributed by atoms with van der Waals surface area (Å²) < 4.78 is 17.9. The molecule has 0 spiro atoms. The highest BCUT2D eigenvalue weighted by Gasteiger charge is 2.26. The second-order valence-electron chi connectivity index (χ2n) is 6.31. The van der Waals surface area contributed by atoms with Gasteiger partial charge in [0.25, 0.3) is 5.56 Å². The first-order valence-electron chi connectivity index (χ1n) is 8.17. The Labute approximate surface area is 142 Å². The quantitative estimate of drug-likeness (QED) is 0.668. The average Bonchev–Trinajstić information content (AvgIpc) is 3.32. The van der Waals surface area contributed by atoms with Crippen LogP contribution in [0.3, 0.4) is 0 Å². The Morgan fingerprint density at radius 2 is 2.12 bits per heavy atom. The molecule has 1 aliphatic rings. The van der Waals surface area contributed by atoms with Crippen LogP contribution in [0.25, 0.3) is 16.9 Å². The van der Waals surface area contributed by atoms with Gasteiger partial charge in [-0.3, -0.25) is 9.36 Å². The molecular formula is C18H17FN4O2. The Morgan fingerprint density at radius 3 is 2.80 bits per heavy atom. The molecule has 7 heteroatoms. The van der Waals surface area contributed by atoms with E-state index in [0.29, 0.717) is 30.2 Å². The van der Waals surface area contributed by atoms with Gasteiger partial charge in [0, 0.05) is 13.1 Å². The Balaban J connectivity index is 2.08. The van der Waals surface area contributed by atoms with Crippen LogP contribution >= 0.6 is 0 Å². The van der Waals surface area contributed by atoms with Crippen molar-refractivity contribution in [2.45, 2.75) is 25.9 Å². The number of rotatable bonds is 5. The van der Waals surface area contributed by atoms with Crippen molar-refractivity contribution in [1.29, 1.82) is 0 Å². The van der Waals surface area contributed by atoms with E-state index in [1.165, 1.54) is 33.7 Å². The van der Waals surface area contributed by atoms with E-state index in [1.807, 2.05) is 0 Å². The van der Waals surface area contributed by atoms with Gasteiger partial charge >= 0.3 is 5.69 Å². The van der Waals surface area contributed by atoms with E-state index >= 15 is 0 Å². The number of hydrogen-bond acceptors (Lipinski definition) is 3. The van der Waals surface area contributed by atoms with Crippen molar-refractivity contribution >= 4 is 11.2 Å². The summed E-state index contributed by atoms with van der Waals surface area (Å²) in [5.74, 6) is -0.109. The fourth-order valence-electron chi connectivity index (χ4n) is 3.02. The van der Waals surface area contributed by atoms with Gasteiger partial charge in [-0.2, -0.15) is 0 Å². The third kappa shape index (κ3) is 2.61. The van der Waals surface area contributed by atoms with Crippen molar-refractivity contribution in [2.24, 2.45) is 5.92 Å². The summed E-state index contributed by atoms with van der Waals surface area (Å²) in [5.41, 5.74) is 0.0556. The number of fused-ring (bicyclic) bond motifs is 1. The zero-order valence-corrected chi connectivity index (χ0v) is 13.6. The maximum Gasteiger partial charge on any atom is 0.337 e. The minimum absolute atomic E-state index is 0.231. The molecule has 0 radical (unpaired) electrons. The molecule has 0 unspecified atom stereocenters. The van der Waals surface area contributed by atoms with Gasteiger partial charge in [-0.05, 0) is 37.0 Å². The first-order chi connectivity index (χ1) is 12.1. The second kappa shape index (κ2) is 5.84. The summed E-state index contributed by atoms with van der Waals surface area (Å²) in [6.45, 7) is 4.46. The lowest BCUT2D eigenvalue weighted by Crippen LogP contribution is -2.40. The average molecular weight is 340 g/mol. The number of nitrogens with zero attached hydrogens (tertiary/aromatic N) is 4. The van der Waals surface area contributed by atoms with Crippen LogP contribution in [0.5, 0.6) is 0 Å². The predicted octanol–water partition coefficient (Wildman–Crippen LogP) is 2.08. The highest BCUT2D eigenvalue weighted by Crippen LogP contribution is 2.29. The van der Waals surface area contributed by atoms with Crippen molar-refractivity contribution in [3.05, 3.63) is 69.9 Å². The lowest BCUT2D eigenvalue weighted by atomic mass is 10.3. The molecule has 0 bridgehead atoms. The van der Waals surface area contributed by atoms with Crippen molar-refractivity contribution in [1.82, 2.24) is 18.7 Å². The van der Waals surface area contributed by atoms with Gasteiger partial charge in [-0.1, -0.05) is 12.1 Å². The number of hydrogen-bond donors (Lipinski definition) is 0. The first-order valence-corrected chi connectivity index (χ1v) is 8.17. The normalized spacial score (nSPS) is 14.1. The van der Waals surface area contributed by atoms with E-state index in [2.05, 4.69) is 11.6 Å². The van der Waals surface area contributed by atoms with E-state index in [4.69, 9.17) is 0 Å². The van der Waals surface area contributed by atoms with Crippen LogP contribution in [-0.2, 0) is 13.1 Å². The molecule has 2 aromatic heterocycles. The maximum absolute atomic E-state index is 13.7. The molecular weight excluding hydrogens is 323 g/mol. The molecule has 25 heavy (non-hydrogen) atoms. The van der Waals surface area contributed by atoms with Gasteiger partial charge in [-0.15, -0.1) is 6.58 Å². The van der Waals surface area contributed by atoms with Crippen LogP contribution in [0.15, 0.2) is 52.8 Å². The van der Waals surface area contributed by atoms with Crippen LogP contribution in [0.4, 0.5) is 4.39 Å². The number of aromatic nitrogens is 4. The Hall–Kier alpha value is -2.96. The minimum Gasteiger partial charge on any atom is -0.321 e. The van der Waals surface area contributed by atoms with Crippen molar-refractivity contribution in [3.63, 3.8) is 0 Å². The number of imidazole rings is 1. The summed E-state index contributed by atoms with van der Waals surface area (Å²) in [6.07, 6.45) is 5.18. The first kappa shape index (κ1) is 15.6. The van der Waals surface area contributed by atoms with Crippen molar-refractivity contribution in [3.8, 4) is 5.69 Å². The van der Waals surface area contributed by atoms with Crippen molar-refractivity contribution in [2.75, 3.05) is 0 Å². The van der Waals surface area contributed by atoms with Gasteiger partial charge in [0.05, 0.1) is 12.0 Å². The highest BCUT2D eigenvalue weighted by atomic mass is 19.1. The third-order valence-corrected chi connectivity index (χ3v) is 4.43. The molecule has 0 amide bonds. The van der Waals surface area contributed by atoms with Gasteiger partial charge < -0.3 is 4.57 Å². The van der Waals surface area contributed by atoms with Gasteiger partial charge in [0.1, 0.15) is 5.82 Å². The molecule has 2 heterocycles. The van der Waals surface area contributed by atoms with Crippen LogP contribution in [-0.4, -0.2) is 18.7 Å². The van der Waals surface area contributed by atoms with Crippen LogP contribution in [0, 0.1) is 11.7 Å². The second-order valence-corrected chi connectivity index (χ2v) is 6.31. The molecule has 128 valence electrons. The van der Waals surface area contributed by atoms with E-state index in [-0.39, 0.29) is 11.2 Å². The number of halogens is 1. The molecule has 1 aromatic carbocycles. The number of allylic oxidation sites excluding steroid dienone is 1. The van der Waals surface area contributed by atoms with Gasteiger partial charge in [0.15, 0.2) is 11.2 Å². The summed E-state index contributed by atoms with van der Waals surface area (Å²) in [4.78, 5) is 30.1. The van der Waals surface area contributed by atoms with E-state index in [1.54, 1.807) is 16.7 Å². The van der Waals surface area contributed by atoms with Gasteiger partial charge in [0.2, 0.25) is 0 Å². The summed E-state index contributed by atoms with van der Waals surface area (Å²) in [7, 11) is 0. The lowest BCUT2D eigenvalue weighted by Gasteiger charge is -2.12. The van der Waals surface area contributed by atoms with Gasteiger partial charge in [-0.25, -0.2) is 18.7 Å². The SMILES string of the molecule is C=CCn1cnc2c1c(=O)n(CC1CC1)c(=O)n2-c1cccc(F)c1. The molecule has 6 nitrogen and oxygen atoms in total. The standard InChI is InChI=1S/C18H17FN4O2/c1-2-8-21-11-20-16-15(21)17(24)22(10-12-6-7-12)18(25)23(16)14-5-3-4-13(19)9-14/h2-5,9,11-12H,1,6-8,10H2. The molecule has 1 aliphatic carbocycles. The lowest BCUT2D eigenvalue weighted by molar-refractivity contribution is 0.566. The Morgan fingerprint density at radius 1 is 1.32 bits per heavy atom. The van der Waals surface area contributed by atoms with Crippen LogP contribution in [0.1, 0.15) is 12.8 Å². The maximum atomic E-state index is 13.7. The molecule has 1 saturated carbocycles. The highest BCUT2D eigenvalue weighted by molar-refractivity contribution is 5.72. The molecule has 4 rings (SSSR count). The molecule has 0 atom stereocenters. The zero-order valence-electron chi connectivity index (χ0n) is 13.6. The fraction of sp³-hybridized carbons (Fsp3) is 0.278. The van der Waals surface area contributed by atoms with E-state index in [9.17, 15) is 14.0 Å². The molecule has 0 N–H and O–H groups in total. The fourth-order valence-corrected chi connectivity index (χ4v) is 3.02. The zero-order chi connectivity index (χ0) is 17.6. The summed E-state index contributed by atoms with van der Waals surface area (Å²) in [5, 5.41) is 0. The summed E-state index contributed by atoms with van der Waals surface area (Å²) >= 11 is 0. The third-order valence-electron chi connectivity index (χ3n) is 4.43. The topological polar surface area (TPSA) is 61.8 Å². The van der Waals surface area contributed by atoms with E-state index in [0.717, 1.165) is 12.8 Å². The number of benzene rings is 1. The van der Waals surface area contributed by atoms with Crippen LogP contribution < -0.4 is 11.2 Å². The molecule has 1 fully saturated rings. The molecule has 3 aromatic rings. The predicted molar refractivity (Wildman–Crippen MR) is 92.5 cm³/mol. The Kier molecular flexibility index (Phi) is 3.63. The van der Waals surface area contributed by atoms with Crippen molar-refractivity contribution < 1.29 is 4.39 Å². The van der Waals surface area contributed by atoms with E-state index < -0.39 is 11.5 Å². The smallest absolute Gasteiger partial charge is 0.321 e. The largest absolute Gasteiger partial charge is 0.337 e.